The van der Waals surface area contributed by atoms with Gasteiger partial charge >= 0.3 is 0 Å². The summed E-state index contributed by atoms with van der Waals surface area (Å²) in [6.07, 6.45) is 0. The van der Waals surface area contributed by atoms with Gasteiger partial charge in [-0.25, -0.2) is 0 Å². The van der Waals surface area contributed by atoms with Crippen LogP contribution >= 0.6 is 15.9 Å². The minimum Gasteiger partial charge on any atom is -0.377 e. The monoisotopic (exact) mass is 376 g/mol. The van der Waals surface area contributed by atoms with E-state index in [0.29, 0.717) is 0 Å². The van der Waals surface area contributed by atoms with E-state index < -0.39 is 0 Å². The van der Waals surface area contributed by atoms with Crippen LogP contribution in [-0.4, -0.2) is 16.9 Å². The molecule has 0 aliphatic carbocycles. The molecule has 0 atom stereocenters. The van der Waals surface area contributed by atoms with E-state index in [9.17, 15) is 4.79 Å². The minimum absolute atomic E-state index is 0.0277. The standard InChI is InChI=1S/C19H25BrN2O/c1-12-7-8-17(16(20)9-12)21-11-18(23)15-10-13(2)22(14(15)3)19(4,5)6/h7-10,21H,11H2,1-6H3. The molecule has 1 aromatic carbocycles. The van der Waals surface area contributed by atoms with E-state index in [4.69, 9.17) is 0 Å². The summed E-state index contributed by atoms with van der Waals surface area (Å²) in [6.45, 7) is 12.9. The van der Waals surface area contributed by atoms with E-state index in [1.165, 1.54) is 5.56 Å². The van der Waals surface area contributed by atoms with Gasteiger partial charge in [0.25, 0.3) is 0 Å². The van der Waals surface area contributed by atoms with Crippen molar-refractivity contribution in [3.63, 3.8) is 0 Å². The zero-order chi connectivity index (χ0) is 17.4. The van der Waals surface area contributed by atoms with Crippen molar-refractivity contribution in [2.75, 3.05) is 11.9 Å². The Balaban J connectivity index is 2.19. The molecule has 0 radical (unpaired) electrons. The molecule has 1 N–H and O–H groups in total. The average molecular weight is 377 g/mol. The number of nitrogens with zero attached hydrogens (tertiary/aromatic N) is 1. The predicted molar refractivity (Wildman–Crippen MR) is 101 cm³/mol. The van der Waals surface area contributed by atoms with Gasteiger partial charge in [-0.2, -0.15) is 0 Å². The molecule has 0 aliphatic rings. The number of rotatable bonds is 4. The third-order valence-electron chi connectivity index (χ3n) is 3.97. The Morgan fingerprint density at radius 1 is 1.17 bits per heavy atom. The van der Waals surface area contributed by atoms with E-state index in [1.807, 2.05) is 38.1 Å². The fraction of sp³-hybridized carbons (Fsp3) is 0.421. The second kappa shape index (κ2) is 6.52. The minimum atomic E-state index is -0.0277. The fourth-order valence-corrected chi connectivity index (χ4v) is 3.74. The summed E-state index contributed by atoms with van der Waals surface area (Å²) in [7, 11) is 0. The van der Waals surface area contributed by atoms with Crippen molar-refractivity contribution in [3.8, 4) is 0 Å². The third kappa shape index (κ3) is 3.86. The highest BCUT2D eigenvalue weighted by Crippen LogP contribution is 2.26. The Hall–Kier alpha value is -1.55. The molecule has 0 saturated carbocycles. The largest absolute Gasteiger partial charge is 0.377 e. The number of hydrogen-bond donors (Lipinski definition) is 1. The number of aryl methyl sites for hydroxylation is 2. The molecular weight excluding hydrogens is 352 g/mol. The van der Waals surface area contributed by atoms with E-state index in [2.05, 4.69) is 53.5 Å². The highest BCUT2D eigenvalue weighted by molar-refractivity contribution is 9.10. The fourth-order valence-electron chi connectivity index (χ4n) is 3.11. The van der Waals surface area contributed by atoms with Crippen molar-refractivity contribution < 1.29 is 4.79 Å². The van der Waals surface area contributed by atoms with Gasteiger partial charge in [0.1, 0.15) is 0 Å². The van der Waals surface area contributed by atoms with Gasteiger partial charge in [0.2, 0.25) is 0 Å². The molecule has 0 unspecified atom stereocenters. The molecular formula is C19H25BrN2O. The summed E-state index contributed by atoms with van der Waals surface area (Å²) in [5.41, 5.74) is 5.05. The molecule has 1 aromatic heterocycles. The molecule has 0 saturated heterocycles. The number of nitrogens with one attached hydrogen (secondary N) is 1. The second-order valence-electron chi connectivity index (χ2n) is 7.05. The SMILES string of the molecule is Cc1ccc(NCC(=O)c2cc(C)n(C(C)(C)C)c2C)c(Br)c1. The van der Waals surface area contributed by atoms with E-state index >= 15 is 0 Å². The van der Waals surface area contributed by atoms with Gasteiger partial charge in [0.15, 0.2) is 5.78 Å². The Labute approximate surface area is 147 Å². The predicted octanol–water partition coefficient (Wildman–Crippen LogP) is 5.23. The van der Waals surface area contributed by atoms with Gasteiger partial charge in [-0.1, -0.05) is 6.07 Å². The number of carbonyl (C=O) groups is 1. The molecule has 2 aromatic rings. The van der Waals surface area contributed by atoms with Gasteiger partial charge in [-0.05, 0) is 81.2 Å². The van der Waals surface area contributed by atoms with Crippen molar-refractivity contribution in [2.24, 2.45) is 0 Å². The molecule has 0 fully saturated rings. The molecule has 124 valence electrons. The summed E-state index contributed by atoms with van der Waals surface area (Å²) in [5.74, 6) is 0.112. The number of Topliss-reactive ketones (excluding diaryl/α,β-unsaturated/α-hetero) is 1. The van der Waals surface area contributed by atoms with Crippen LogP contribution in [0.15, 0.2) is 28.7 Å². The molecule has 3 nitrogen and oxygen atoms in total. The molecule has 0 bridgehead atoms. The normalized spacial score (nSPS) is 11.6. The van der Waals surface area contributed by atoms with Crippen molar-refractivity contribution in [2.45, 2.75) is 47.1 Å². The molecule has 0 amide bonds. The smallest absolute Gasteiger partial charge is 0.183 e. The Bertz CT molecular complexity index is 739. The number of aromatic nitrogens is 1. The number of benzene rings is 1. The van der Waals surface area contributed by atoms with E-state index in [0.717, 1.165) is 27.1 Å². The Morgan fingerprint density at radius 3 is 2.35 bits per heavy atom. The Morgan fingerprint density at radius 2 is 1.83 bits per heavy atom. The number of anilines is 1. The van der Waals surface area contributed by atoms with Gasteiger partial charge in [0.05, 0.1) is 6.54 Å². The zero-order valence-corrected chi connectivity index (χ0v) is 16.3. The van der Waals surface area contributed by atoms with Crippen LogP contribution in [0.4, 0.5) is 5.69 Å². The maximum Gasteiger partial charge on any atom is 0.183 e. The van der Waals surface area contributed by atoms with Gasteiger partial charge in [-0.15, -0.1) is 0 Å². The Kier molecular flexibility index (Phi) is 5.04. The lowest BCUT2D eigenvalue weighted by atomic mass is 10.1. The quantitative estimate of drug-likeness (QED) is 0.741. The number of hydrogen-bond acceptors (Lipinski definition) is 2. The highest BCUT2D eigenvalue weighted by atomic mass is 79.9. The molecule has 4 heteroatoms. The highest BCUT2D eigenvalue weighted by Gasteiger charge is 2.22. The first kappa shape index (κ1) is 17.8. The molecule has 1 heterocycles. The van der Waals surface area contributed by atoms with Crippen LogP contribution in [0.2, 0.25) is 0 Å². The van der Waals surface area contributed by atoms with Crippen LogP contribution in [0.5, 0.6) is 0 Å². The second-order valence-corrected chi connectivity index (χ2v) is 7.91. The summed E-state index contributed by atoms with van der Waals surface area (Å²) in [6, 6.07) is 8.06. The third-order valence-corrected chi connectivity index (χ3v) is 4.62. The van der Waals surface area contributed by atoms with Crippen molar-refractivity contribution in [1.82, 2.24) is 4.57 Å². The van der Waals surface area contributed by atoms with Crippen molar-refractivity contribution in [1.29, 1.82) is 0 Å². The first-order valence-electron chi connectivity index (χ1n) is 7.84. The lowest BCUT2D eigenvalue weighted by Crippen LogP contribution is -2.24. The van der Waals surface area contributed by atoms with E-state index in [-0.39, 0.29) is 17.9 Å². The lowest BCUT2D eigenvalue weighted by Gasteiger charge is -2.25. The molecule has 23 heavy (non-hydrogen) atoms. The van der Waals surface area contributed by atoms with Crippen LogP contribution in [-0.2, 0) is 5.54 Å². The van der Waals surface area contributed by atoms with Crippen LogP contribution in [0, 0.1) is 20.8 Å². The van der Waals surface area contributed by atoms with Crippen LogP contribution in [0.25, 0.3) is 0 Å². The van der Waals surface area contributed by atoms with Crippen molar-refractivity contribution in [3.05, 3.63) is 51.3 Å². The van der Waals surface area contributed by atoms with Gasteiger partial charge in [0, 0.05) is 32.7 Å². The van der Waals surface area contributed by atoms with E-state index in [1.54, 1.807) is 0 Å². The van der Waals surface area contributed by atoms with Gasteiger partial charge < -0.3 is 9.88 Å². The average Bonchev–Trinajstić information content (AvgIpc) is 2.72. The number of carbonyl (C=O) groups excluding carboxylic acids is 1. The number of halogens is 1. The summed E-state index contributed by atoms with van der Waals surface area (Å²) in [4.78, 5) is 12.6. The maximum atomic E-state index is 12.6. The number of ketones is 1. The summed E-state index contributed by atoms with van der Waals surface area (Å²) in [5, 5.41) is 3.23. The van der Waals surface area contributed by atoms with Gasteiger partial charge in [-0.3, -0.25) is 4.79 Å². The first-order valence-corrected chi connectivity index (χ1v) is 8.63. The molecule has 2 rings (SSSR count). The van der Waals surface area contributed by atoms with Crippen LogP contribution < -0.4 is 5.32 Å². The summed E-state index contributed by atoms with van der Waals surface area (Å²) >= 11 is 3.53. The molecule has 0 aliphatic heterocycles. The zero-order valence-electron chi connectivity index (χ0n) is 14.7. The lowest BCUT2D eigenvalue weighted by molar-refractivity contribution is 0.100. The maximum absolute atomic E-state index is 12.6. The summed E-state index contributed by atoms with van der Waals surface area (Å²) < 4.78 is 3.20. The molecule has 0 spiro atoms. The van der Waals surface area contributed by atoms with Crippen molar-refractivity contribution >= 4 is 27.4 Å². The topological polar surface area (TPSA) is 34.0 Å². The van der Waals surface area contributed by atoms with Crippen LogP contribution in [0.3, 0.4) is 0 Å². The van der Waals surface area contributed by atoms with Crippen LogP contribution in [0.1, 0.15) is 48.1 Å². The first-order chi connectivity index (χ1) is 10.6.